The first-order valence-corrected chi connectivity index (χ1v) is 8.40. The summed E-state index contributed by atoms with van der Waals surface area (Å²) >= 11 is 0. The first-order chi connectivity index (χ1) is 10.1. The quantitative estimate of drug-likeness (QED) is 0.805. The van der Waals surface area contributed by atoms with Gasteiger partial charge in [-0.3, -0.25) is 4.98 Å². The van der Waals surface area contributed by atoms with Gasteiger partial charge in [0, 0.05) is 31.4 Å². The molecule has 0 atom stereocenters. The second kappa shape index (κ2) is 7.31. The van der Waals surface area contributed by atoms with E-state index >= 15 is 0 Å². The molecule has 3 N–H and O–H groups in total. The number of hydrogen-bond donors (Lipinski definition) is 2. The van der Waals surface area contributed by atoms with Crippen LogP contribution in [0.5, 0.6) is 0 Å². The molecule has 2 aromatic rings. The number of pyridine rings is 1. The number of benzene rings is 1. The molecule has 0 amide bonds. The minimum atomic E-state index is -3.33. The van der Waals surface area contributed by atoms with Crippen molar-refractivity contribution in [2.24, 2.45) is 5.73 Å². The molecule has 0 spiro atoms. The Kier molecular flexibility index (Phi) is 5.44. The van der Waals surface area contributed by atoms with E-state index in [-0.39, 0.29) is 12.3 Å². The topological polar surface area (TPSA) is 85.1 Å². The van der Waals surface area contributed by atoms with Gasteiger partial charge in [-0.05, 0) is 23.3 Å². The lowest BCUT2D eigenvalue weighted by Gasteiger charge is -2.09. The van der Waals surface area contributed by atoms with E-state index in [9.17, 15) is 8.42 Å². The predicted molar refractivity (Wildman–Crippen MR) is 82.9 cm³/mol. The van der Waals surface area contributed by atoms with E-state index in [0.29, 0.717) is 13.0 Å². The minimum Gasteiger partial charge on any atom is -0.326 e. The molecule has 1 aromatic heterocycles. The number of aromatic nitrogens is 1. The number of rotatable bonds is 7. The molecule has 0 aliphatic heterocycles. The minimum absolute atomic E-state index is 0.0226. The van der Waals surface area contributed by atoms with E-state index < -0.39 is 10.0 Å². The van der Waals surface area contributed by atoms with Gasteiger partial charge in [-0.25, -0.2) is 13.1 Å². The number of nitrogens with two attached hydrogens (primary N) is 1. The van der Waals surface area contributed by atoms with Crippen molar-refractivity contribution < 1.29 is 8.42 Å². The van der Waals surface area contributed by atoms with Crippen LogP contribution in [0, 0.1) is 0 Å². The maximum atomic E-state index is 12.0. The van der Waals surface area contributed by atoms with E-state index in [2.05, 4.69) is 9.71 Å². The summed E-state index contributed by atoms with van der Waals surface area (Å²) in [4.78, 5) is 4.12. The van der Waals surface area contributed by atoms with Crippen LogP contribution in [0.1, 0.15) is 16.8 Å². The fraction of sp³-hybridized carbons (Fsp3) is 0.267. The van der Waals surface area contributed by atoms with Gasteiger partial charge in [-0.1, -0.05) is 30.3 Å². The van der Waals surface area contributed by atoms with Gasteiger partial charge in [0.1, 0.15) is 0 Å². The SMILES string of the molecule is NCc1ccccc1CNS(=O)(=O)CCc1ccccn1. The average molecular weight is 305 g/mol. The van der Waals surface area contributed by atoms with Crippen molar-refractivity contribution in [3.8, 4) is 0 Å². The second-order valence-corrected chi connectivity index (χ2v) is 6.61. The van der Waals surface area contributed by atoms with Crippen LogP contribution in [0.25, 0.3) is 0 Å². The van der Waals surface area contributed by atoms with E-state index in [4.69, 9.17) is 5.73 Å². The van der Waals surface area contributed by atoms with Gasteiger partial charge >= 0.3 is 0 Å². The Bertz CT molecular complexity index is 672. The van der Waals surface area contributed by atoms with Gasteiger partial charge in [0.2, 0.25) is 10.0 Å². The van der Waals surface area contributed by atoms with E-state index in [0.717, 1.165) is 16.8 Å². The number of nitrogens with zero attached hydrogens (tertiary/aromatic N) is 1. The smallest absolute Gasteiger partial charge is 0.212 e. The Morgan fingerprint density at radius 1 is 1.05 bits per heavy atom. The molecular formula is C15H19N3O2S. The van der Waals surface area contributed by atoms with Crippen molar-refractivity contribution in [3.05, 3.63) is 65.5 Å². The summed E-state index contributed by atoms with van der Waals surface area (Å²) in [6.45, 7) is 0.657. The molecule has 2 rings (SSSR count). The van der Waals surface area contributed by atoms with Gasteiger partial charge in [0.25, 0.3) is 0 Å². The highest BCUT2D eigenvalue weighted by atomic mass is 32.2. The van der Waals surface area contributed by atoms with Crippen molar-refractivity contribution in [1.29, 1.82) is 0 Å². The van der Waals surface area contributed by atoms with Crippen LogP contribution >= 0.6 is 0 Å². The predicted octanol–water partition coefficient (Wildman–Crippen LogP) is 1.20. The summed E-state index contributed by atoms with van der Waals surface area (Å²) in [7, 11) is -3.33. The molecule has 0 radical (unpaired) electrons. The van der Waals surface area contributed by atoms with Crippen molar-refractivity contribution in [1.82, 2.24) is 9.71 Å². The molecule has 1 aromatic carbocycles. The molecule has 112 valence electrons. The molecule has 0 fully saturated rings. The molecule has 0 aliphatic carbocycles. The zero-order chi connectivity index (χ0) is 15.1. The summed E-state index contributed by atoms with van der Waals surface area (Å²) in [6, 6.07) is 13.0. The Morgan fingerprint density at radius 3 is 2.43 bits per heavy atom. The highest BCUT2D eigenvalue weighted by Crippen LogP contribution is 2.08. The Morgan fingerprint density at radius 2 is 1.76 bits per heavy atom. The molecule has 0 saturated heterocycles. The molecule has 0 saturated carbocycles. The normalized spacial score (nSPS) is 11.5. The van der Waals surface area contributed by atoms with E-state index in [1.165, 1.54) is 0 Å². The highest BCUT2D eigenvalue weighted by molar-refractivity contribution is 7.89. The lowest BCUT2D eigenvalue weighted by molar-refractivity contribution is 0.580. The van der Waals surface area contributed by atoms with Crippen LogP contribution in [0.15, 0.2) is 48.7 Å². The van der Waals surface area contributed by atoms with Crippen LogP contribution in [0.3, 0.4) is 0 Å². The summed E-state index contributed by atoms with van der Waals surface area (Å²) in [6.07, 6.45) is 2.06. The van der Waals surface area contributed by atoms with Gasteiger partial charge in [0.15, 0.2) is 0 Å². The van der Waals surface area contributed by atoms with Crippen LogP contribution in [0.2, 0.25) is 0 Å². The van der Waals surface area contributed by atoms with Crippen molar-refractivity contribution >= 4 is 10.0 Å². The van der Waals surface area contributed by atoms with Crippen molar-refractivity contribution in [2.45, 2.75) is 19.5 Å². The third-order valence-electron chi connectivity index (χ3n) is 3.17. The van der Waals surface area contributed by atoms with Crippen molar-refractivity contribution in [2.75, 3.05) is 5.75 Å². The number of sulfonamides is 1. The Labute approximate surface area is 125 Å². The van der Waals surface area contributed by atoms with E-state index in [1.807, 2.05) is 36.4 Å². The summed E-state index contributed by atoms with van der Waals surface area (Å²) in [5.41, 5.74) is 8.26. The maximum Gasteiger partial charge on any atom is 0.212 e. The standard InChI is InChI=1S/C15H19N3O2S/c16-11-13-5-1-2-6-14(13)12-18-21(19,20)10-8-15-7-3-4-9-17-15/h1-7,9,18H,8,10-12,16H2. The van der Waals surface area contributed by atoms with Crippen LogP contribution < -0.4 is 10.5 Å². The van der Waals surface area contributed by atoms with Crippen LogP contribution in [-0.4, -0.2) is 19.2 Å². The molecule has 0 unspecified atom stereocenters. The Balaban J connectivity index is 1.92. The fourth-order valence-electron chi connectivity index (χ4n) is 1.97. The second-order valence-electron chi connectivity index (χ2n) is 4.68. The monoisotopic (exact) mass is 305 g/mol. The van der Waals surface area contributed by atoms with Crippen molar-refractivity contribution in [3.63, 3.8) is 0 Å². The zero-order valence-corrected chi connectivity index (χ0v) is 12.5. The Hall–Kier alpha value is -1.76. The molecule has 0 aliphatic rings. The van der Waals surface area contributed by atoms with Gasteiger partial charge in [0.05, 0.1) is 5.75 Å². The molecule has 5 nitrogen and oxygen atoms in total. The zero-order valence-electron chi connectivity index (χ0n) is 11.7. The van der Waals surface area contributed by atoms with Crippen LogP contribution in [-0.2, 0) is 29.5 Å². The van der Waals surface area contributed by atoms with Gasteiger partial charge in [-0.15, -0.1) is 0 Å². The lowest BCUT2D eigenvalue weighted by Crippen LogP contribution is -2.27. The maximum absolute atomic E-state index is 12.0. The average Bonchev–Trinajstić information content (AvgIpc) is 2.52. The van der Waals surface area contributed by atoms with Gasteiger partial charge < -0.3 is 5.73 Å². The lowest BCUT2D eigenvalue weighted by atomic mass is 10.1. The first-order valence-electron chi connectivity index (χ1n) is 6.75. The largest absolute Gasteiger partial charge is 0.326 e. The molecule has 6 heteroatoms. The van der Waals surface area contributed by atoms with E-state index in [1.54, 1.807) is 12.3 Å². The molecule has 1 heterocycles. The first kappa shape index (κ1) is 15.6. The fourth-order valence-corrected chi connectivity index (χ4v) is 2.97. The molecule has 21 heavy (non-hydrogen) atoms. The number of hydrogen-bond acceptors (Lipinski definition) is 4. The van der Waals surface area contributed by atoms with Crippen LogP contribution in [0.4, 0.5) is 0 Å². The number of aryl methyl sites for hydroxylation is 1. The highest BCUT2D eigenvalue weighted by Gasteiger charge is 2.11. The molecular weight excluding hydrogens is 286 g/mol. The number of nitrogens with one attached hydrogen (secondary N) is 1. The summed E-state index contributed by atoms with van der Waals surface area (Å²) < 4.78 is 26.6. The van der Waals surface area contributed by atoms with Gasteiger partial charge in [-0.2, -0.15) is 0 Å². The summed E-state index contributed by atoms with van der Waals surface area (Å²) in [5.74, 6) is 0.0226. The third kappa shape index (κ3) is 4.93. The molecule has 0 bridgehead atoms. The third-order valence-corrected chi connectivity index (χ3v) is 4.50. The summed E-state index contributed by atoms with van der Waals surface area (Å²) in [5, 5.41) is 0.